The van der Waals surface area contributed by atoms with Gasteiger partial charge in [-0.3, -0.25) is 4.79 Å². The summed E-state index contributed by atoms with van der Waals surface area (Å²) in [6.45, 7) is 1.65. The first-order chi connectivity index (χ1) is 11.2. The Morgan fingerprint density at radius 1 is 1.13 bits per heavy atom. The summed E-state index contributed by atoms with van der Waals surface area (Å²) >= 11 is 0. The maximum absolute atomic E-state index is 12.6. The van der Waals surface area contributed by atoms with Gasteiger partial charge in [0, 0.05) is 13.1 Å². The zero-order valence-corrected chi connectivity index (χ0v) is 12.9. The van der Waals surface area contributed by atoms with Crippen molar-refractivity contribution in [2.24, 2.45) is 0 Å². The van der Waals surface area contributed by atoms with Crippen LogP contribution in [0.3, 0.4) is 0 Å². The molecule has 0 unspecified atom stereocenters. The van der Waals surface area contributed by atoms with Gasteiger partial charge in [0.15, 0.2) is 11.2 Å². The van der Waals surface area contributed by atoms with E-state index in [1.807, 2.05) is 4.90 Å². The summed E-state index contributed by atoms with van der Waals surface area (Å²) in [4.78, 5) is 18.7. The van der Waals surface area contributed by atoms with E-state index >= 15 is 0 Å². The second-order valence-electron chi connectivity index (χ2n) is 5.43. The first-order valence-electron chi connectivity index (χ1n) is 7.45. The highest BCUT2D eigenvalue weighted by Crippen LogP contribution is 2.42. The number of aromatic nitrogens is 1. The molecule has 1 saturated heterocycles. The molecule has 0 saturated carbocycles. The van der Waals surface area contributed by atoms with Gasteiger partial charge in [0.05, 0.1) is 25.9 Å². The van der Waals surface area contributed by atoms with Crippen LogP contribution in [0, 0.1) is 0 Å². The van der Waals surface area contributed by atoms with Crippen molar-refractivity contribution in [3.8, 4) is 11.5 Å². The van der Waals surface area contributed by atoms with Gasteiger partial charge in [-0.05, 0) is 18.9 Å². The molecular formula is C16H16N2O5. The first-order valence-corrected chi connectivity index (χ1v) is 7.45. The van der Waals surface area contributed by atoms with Gasteiger partial charge in [-0.15, -0.1) is 0 Å². The zero-order chi connectivity index (χ0) is 16.0. The van der Waals surface area contributed by atoms with Crippen molar-refractivity contribution in [3.05, 3.63) is 22.7 Å². The standard InChI is InChI=1S/C16H16N2O5/c1-20-11-9-5-8-22-12(9)14(21-2)13-10(11)15(19)17-16(23-13)18-6-3-4-7-18/h5,8H,3-4,6-7H2,1-2H3. The maximum Gasteiger partial charge on any atom is 0.301 e. The highest BCUT2D eigenvalue weighted by atomic mass is 16.5. The lowest BCUT2D eigenvalue weighted by atomic mass is 10.1. The molecular weight excluding hydrogens is 300 g/mol. The van der Waals surface area contributed by atoms with Crippen LogP contribution in [0.25, 0.3) is 21.9 Å². The van der Waals surface area contributed by atoms with Crippen LogP contribution in [0.2, 0.25) is 0 Å². The summed E-state index contributed by atoms with van der Waals surface area (Å²) in [6, 6.07) is 2.04. The Morgan fingerprint density at radius 3 is 2.57 bits per heavy atom. The number of rotatable bonds is 3. The second kappa shape index (κ2) is 5.19. The number of ether oxygens (including phenoxy) is 2. The first kappa shape index (κ1) is 13.9. The Hall–Kier alpha value is -2.70. The average Bonchev–Trinajstić information content (AvgIpc) is 3.23. The van der Waals surface area contributed by atoms with E-state index in [1.54, 1.807) is 6.07 Å². The number of nitrogens with zero attached hydrogens (tertiary/aromatic N) is 2. The zero-order valence-electron chi connectivity index (χ0n) is 12.9. The van der Waals surface area contributed by atoms with Gasteiger partial charge < -0.3 is 23.2 Å². The molecule has 0 aliphatic carbocycles. The lowest BCUT2D eigenvalue weighted by molar-refractivity contribution is 0.399. The van der Waals surface area contributed by atoms with Gasteiger partial charge in [0.1, 0.15) is 11.1 Å². The fourth-order valence-electron chi connectivity index (χ4n) is 3.11. The third-order valence-corrected chi connectivity index (χ3v) is 4.17. The molecule has 2 aromatic heterocycles. The van der Waals surface area contributed by atoms with Crippen LogP contribution >= 0.6 is 0 Å². The van der Waals surface area contributed by atoms with Crippen LogP contribution in [0.15, 0.2) is 26.0 Å². The van der Waals surface area contributed by atoms with E-state index in [9.17, 15) is 4.79 Å². The summed E-state index contributed by atoms with van der Waals surface area (Å²) in [5.41, 5.74) is 0.388. The number of methoxy groups -OCH3 is 2. The number of hydrogen-bond acceptors (Lipinski definition) is 7. The summed E-state index contributed by atoms with van der Waals surface area (Å²) in [5.74, 6) is 0.763. The molecule has 7 nitrogen and oxygen atoms in total. The molecule has 0 atom stereocenters. The lowest BCUT2D eigenvalue weighted by Crippen LogP contribution is -2.22. The van der Waals surface area contributed by atoms with E-state index in [0.717, 1.165) is 25.9 Å². The fraction of sp³-hybridized carbons (Fsp3) is 0.375. The Morgan fingerprint density at radius 2 is 1.87 bits per heavy atom. The van der Waals surface area contributed by atoms with Crippen LogP contribution in [-0.4, -0.2) is 32.3 Å². The molecule has 0 amide bonds. The predicted octanol–water partition coefficient (Wildman–Crippen LogP) is 2.55. The van der Waals surface area contributed by atoms with Crippen LogP contribution < -0.4 is 19.9 Å². The Labute approximate surface area is 131 Å². The molecule has 1 fully saturated rings. The Bertz CT molecular complexity index is 937. The number of furan rings is 1. The Kier molecular flexibility index (Phi) is 3.14. The molecule has 3 aromatic rings. The molecule has 7 heteroatoms. The van der Waals surface area contributed by atoms with Crippen LogP contribution in [0.1, 0.15) is 12.8 Å². The van der Waals surface area contributed by atoms with Gasteiger partial charge in [-0.1, -0.05) is 0 Å². The lowest BCUT2D eigenvalue weighted by Gasteiger charge is -2.16. The highest BCUT2D eigenvalue weighted by molar-refractivity contribution is 6.06. The summed E-state index contributed by atoms with van der Waals surface area (Å²) in [6.07, 6.45) is 3.63. The van der Waals surface area contributed by atoms with Crippen LogP contribution in [0.5, 0.6) is 11.5 Å². The van der Waals surface area contributed by atoms with Crippen LogP contribution in [0.4, 0.5) is 6.01 Å². The smallest absolute Gasteiger partial charge is 0.301 e. The van der Waals surface area contributed by atoms with E-state index in [1.165, 1.54) is 20.5 Å². The third kappa shape index (κ3) is 1.96. The molecule has 1 aliphatic rings. The topological polar surface area (TPSA) is 77.9 Å². The molecule has 0 spiro atoms. The summed E-state index contributed by atoms with van der Waals surface area (Å²) < 4.78 is 22.3. The van der Waals surface area contributed by atoms with Crippen molar-refractivity contribution in [1.82, 2.24) is 4.98 Å². The minimum absolute atomic E-state index is 0.265. The van der Waals surface area contributed by atoms with Gasteiger partial charge in [0.2, 0.25) is 5.75 Å². The van der Waals surface area contributed by atoms with Gasteiger partial charge in [-0.2, -0.15) is 4.98 Å². The van der Waals surface area contributed by atoms with Crippen LogP contribution in [-0.2, 0) is 0 Å². The largest absolute Gasteiger partial charge is 0.495 e. The predicted molar refractivity (Wildman–Crippen MR) is 84.6 cm³/mol. The minimum Gasteiger partial charge on any atom is -0.495 e. The monoisotopic (exact) mass is 316 g/mol. The molecule has 0 bridgehead atoms. The van der Waals surface area contributed by atoms with Crippen molar-refractivity contribution in [2.75, 3.05) is 32.2 Å². The number of fused-ring (bicyclic) bond motifs is 2. The molecule has 3 heterocycles. The fourth-order valence-corrected chi connectivity index (χ4v) is 3.11. The van der Waals surface area contributed by atoms with Crippen molar-refractivity contribution >= 4 is 28.0 Å². The maximum atomic E-state index is 12.6. The van der Waals surface area contributed by atoms with Gasteiger partial charge in [0.25, 0.3) is 5.56 Å². The van der Waals surface area contributed by atoms with Crippen molar-refractivity contribution < 1.29 is 18.3 Å². The van der Waals surface area contributed by atoms with E-state index in [4.69, 9.17) is 18.3 Å². The molecule has 23 heavy (non-hydrogen) atoms. The second-order valence-corrected chi connectivity index (χ2v) is 5.43. The van der Waals surface area contributed by atoms with Crippen molar-refractivity contribution in [3.63, 3.8) is 0 Å². The molecule has 1 aliphatic heterocycles. The third-order valence-electron chi connectivity index (χ3n) is 4.17. The number of anilines is 1. The van der Waals surface area contributed by atoms with Gasteiger partial charge >= 0.3 is 6.01 Å². The molecule has 1 aromatic carbocycles. The summed E-state index contributed by atoms with van der Waals surface area (Å²) in [5, 5.41) is 0.918. The normalized spacial score (nSPS) is 14.8. The minimum atomic E-state index is -0.397. The molecule has 0 N–H and O–H groups in total. The SMILES string of the molecule is COc1c2occc2c(OC)c2c(=O)nc(N3CCCC3)oc12. The quantitative estimate of drug-likeness (QED) is 0.734. The number of hydrogen-bond donors (Lipinski definition) is 0. The molecule has 4 rings (SSSR count). The van der Waals surface area contributed by atoms with E-state index in [-0.39, 0.29) is 5.39 Å². The van der Waals surface area contributed by atoms with E-state index in [2.05, 4.69) is 4.98 Å². The van der Waals surface area contributed by atoms with E-state index < -0.39 is 5.56 Å². The molecule has 0 radical (unpaired) electrons. The van der Waals surface area contributed by atoms with Gasteiger partial charge in [-0.25, -0.2) is 0 Å². The average molecular weight is 316 g/mol. The summed E-state index contributed by atoms with van der Waals surface area (Å²) in [7, 11) is 3.01. The highest BCUT2D eigenvalue weighted by Gasteiger charge is 2.25. The molecule has 120 valence electrons. The Balaban J connectivity index is 2.12. The van der Waals surface area contributed by atoms with E-state index in [0.29, 0.717) is 34.1 Å². The van der Waals surface area contributed by atoms with Crippen molar-refractivity contribution in [1.29, 1.82) is 0 Å². The van der Waals surface area contributed by atoms with Crippen molar-refractivity contribution in [2.45, 2.75) is 12.8 Å². The number of benzene rings is 1.